The summed E-state index contributed by atoms with van der Waals surface area (Å²) in [6.45, 7) is -0.600. The number of sulfonamides is 1. The number of carboxylic acid groups (broad SMARTS) is 1. The molecule has 0 radical (unpaired) electrons. The van der Waals surface area contributed by atoms with E-state index in [1.807, 2.05) is 0 Å². The minimum atomic E-state index is -4.87. The largest absolute Gasteiger partial charge is 0.481 e. The number of carboxylic acids is 1. The lowest BCUT2D eigenvalue weighted by Crippen LogP contribution is -2.34. The first-order valence-electron chi connectivity index (χ1n) is 6.61. The molecule has 1 N–H and O–H groups in total. The zero-order valence-corrected chi connectivity index (χ0v) is 13.7. The molecule has 24 heavy (non-hydrogen) atoms. The number of alkyl halides is 3. The van der Waals surface area contributed by atoms with Gasteiger partial charge < -0.3 is 5.11 Å². The van der Waals surface area contributed by atoms with Gasteiger partial charge in [-0.05, 0) is 24.6 Å². The maximum absolute atomic E-state index is 13.4. The monoisotopic (exact) mass is 389 g/mol. The fourth-order valence-corrected chi connectivity index (χ4v) is 4.58. The van der Waals surface area contributed by atoms with E-state index in [2.05, 4.69) is 0 Å². The summed E-state index contributed by atoms with van der Waals surface area (Å²) in [5.41, 5.74) is -0.0562. The molecule has 1 aliphatic rings. The Morgan fingerprint density at radius 2 is 1.92 bits per heavy atom. The van der Waals surface area contributed by atoms with Crippen LogP contribution in [0.3, 0.4) is 0 Å². The summed E-state index contributed by atoms with van der Waals surface area (Å²) in [7, 11) is -4.50. The van der Waals surface area contributed by atoms with Gasteiger partial charge in [0.05, 0.1) is 16.9 Å². The Kier molecular flexibility index (Phi) is 4.86. The van der Waals surface area contributed by atoms with Crippen molar-refractivity contribution in [3.8, 4) is 0 Å². The van der Waals surface area contributed by atoms with Gasteiger partial charge in [-0.1, -0.05) is 11.6 Å². The number of carbonyl (C=O) groups is 1. The predicted molar refractivity (Wildman–Crippen MR) is 75.6 cm³/mol. The van der Waals surface area contributed by atoms with Crippen molar-refractivity contribution in [1.82, 2.24) is 4.31 Å². The van der Waals surface area contributed by atoms with Crippen LogP contribution in [0.5, 0.6) is 0 Å². The van der Waals surface area contributed by atoms with Crippen LogP contribution in [0.4, 0.5) is 17.6 Å². The molecule has 0 spiro atoms. The zero-order chi connectivity index (χ0) is 18.4. The molecule has 0 unspecified atom stereocenters. The fourth-order valence-electron chi connectivity index (χ4n) is 2.51. The minimum absolute atomic E-state index is 0.0562. The zero-order valence-electron chi connectivity index (χ0n) is 12.1. The molecular formula is C13H12ClF4NO4S. The molecule has 0 aromatic heterocycles. The molecule has 1 aliphatic heterocycles. The van der Waals surface area contributed by atoms with Crippen molar-refractivity contribution >= 4 is 27.6 Å². The Labute approximate surface area is 139 Å². The van der Waals surface area contributed by atoms with Gasteiger partial charge in [0.25, 0.3) is 0 Å². The lowest BCUT2D eigenvalue weighted by Gasteiger charge is -2.19. The maximum atomic E-state index is 13.4. The van der Waals surface area contributed by atoms with Gasteiger partial charge in [0.2, 0.25) is 10.0 Å². The first-order chi connectivity index (χ1) is 10.9. The summed E-state index contributed by atoms with van der Waals surface area (Å²) in [4.78, 5) is 10.5. The highest BCUT2D eigenvalue weighted by atomic mass is 35.5. The Bertz CT molecular complexity index is 781. The number of nitrogens with zero attached hydrogens (tertiary/aromatic N) is 1. The molecule has 0 amide bonds. The lowest BCUT2D eigenvalue weighted by atomic mass is 9.96. The molecule has 2 atom stereocenters. The first-order valence-corrected chi connectivity index (χ1v) is 8.43. The Morgan fingerprint density at radius 3 is 2.38 bits per heavy atom. The van der Waals surface area contributed by atoms with E-state index in [0.29, 0.717) is 4.31 Å². The third-order valence-corrected chi connectivity index (χ3v) is 6.15. The number of rotatable bonds is 3. The van der Waals surface area contributed by atoms with E-state index in [1.165, 1.54) is 6.92 Å². The van der Waals surface area contributed by atoms with E-state index in [-0.39, 0.29) is 5.56 Å². The van der Waals surface area contributed by atoms with E-state index in [0.717, 1.165) is 12.1 Å². The van der Waals surface area contributed by atoms with Crippen LogP contribution in [-0.2, 0) is 14.8 Å². The van der Waals surface area contributed by atoms with Crippen LogP contribution in [-0.4, -0.2) is 43.1 Å². The molecule has 1 heterocycles. The van der Waals surface area contributed by atoms with E-state index in [1.54, 1.807) is 0 Å². The molecule has 0 saturated carbocycles. The van der Waals surface area contributed by atoms with Crippen molar-refractivity contribution in [2.45, 2.75) is 18.0 Å². The topological polar surface area (TPSA) is 74.7 Å². The van der Waals surface area contributed by atoms with Crippen molar-refractivity contribution in [3.63, 3.8) is 0 Å². The summed E-state index contributed by atoms with van der Waals surface area (Å²) in [6.07, 6.45) is -4.87. The molecule has 0 aliphatic carbocycles. The van der Waals surface area contributed by atoms with Gasteiger partial charge >= 0.3 is 12.1 Å². The summed E-state index contributed by atoms with van der Waals surface area (Å²) in [5.74, 6) is -6.75. The lowest BCUT2D eigenvalue weighted by molar-refractivity contribution is -0.187. The number of hydrogen-bond donors (Lipinski definition) is 1. The third-order valence-electron chi connectivity index (χ3n) is 3.85. The maximum Gasteiger partial charge on any atom is 0.393 e. The van der Waals surface area contributed by atoms with Crippen LogP contribution in [0, 0.1) is 24.6 Å². The number of aliphatic carboxylic acids is 1. The van der Waals surface area contributed by atoms with Crippen LogP contribution in [0.15, 0.2) is 17.0 Å². The summed E-state index contributed by atoms with van der Waals surface area (Å²) in [5, 5.41) is 8.45. The van der Waals surface area contributed by atoms with Crippen LogP contribution >= 0.6 is 11.6 Å². The van der Waals surface area contributed by atoms with Gasteiger partial charge in [-0.25, -0.2) is 12.8 Å². The van der Waals surface area contributed by atoms with E-state index < -0.39 is 62.8 Å². The number of aryl methyl sites for hydroxylation is 1. The molecule has 0 bridgehead atoms. The normalized spacial score (nSPS) is 22.8. The van der Waals surface area contributed by atoms with Gasteiger partial charge in [-0.15, -0.1) is 0 Å². The molecule has 1 saturated heterocycles. The van der Waals surface area contributed by atoms with Gasteiger partial charge in [0, 0.05) is 13.1 Å². The molecule has 1 fully saturated rings. The fraction of sp³-hybridized carbons (Fsp3) is 0.462. The summed E-state index contributed by atoms with van der Waals surface area (Å²) in [6, 6.07) is 1.65. The number of halogens is 5. The van der Waals surface area contributed by atoms with Gasteiger partial charge in [0.15, 0.2) is 0 Å². The second kappa shape index (κ2) is 6.16. The van der Waals surface area contributed by atoms with Crippen molar-refractivity contribution < 1.29 is 35.9 Å². The van der Waals surface area contributed by atoms with E-state index in [9.17, 15) is 30.8 Å². The predicted octanol–water partition coefficient (Wildman–Crippen LogP) is 2.67. The SMILES string of the molecule is Cc1cc(S(=O)(=O)N2C[C@@H](C(F)(F)F)[C@H](C(=O)O)C2)c(Cl)cc1F. The molecule has 11 heteroatoms. The molecule has 1 aromatic carbocycles. The summed E-state index contributed by atoms with van der Waals surface area (Å²) < 4.78 is 77.8. The van der Waals surface area contributed by atoms with Gasteiger partial charge in [-0.2, -0.15) is 17.5 Å². The standard InChI is InChI=1S/C13H12ClF4NO4S/c1-6-2-11(9(14)3-10(6)15)24(22,23)19-4-7(12(20)21)8(5-19)13(16,17)18/h2-3,7-8H,4-5H2,1H3,(H,20,21)/t7-,8-/m1/s1. The average Bonchev–Trinajstić information content (AvgIpc) is 2.88. The molecule has 2 rings (SSSR count). The number of benzene rings is 1. The van der Waals surface area contributed by atoms with Crippen molar-refractivity contribution in [1.29, 1.82) is 0 Å². The highest BCUT2D eigenvalue weighted by molar-refractivity contribution is 7.89. The van der Waals surface area contributed by atoms with E-state index >= 15 is 0 Å². The molecular weight excluding hydrogens is 378 g/mol. The Balaban J connectivity index is 2.45. The third kappa shape index (κ3) is 3.35. The van der Waals surface area contributed by atoms with E-state index in [4.69, 9.17) is 16.7 Å². The van der Waals surface area contributed by atoms with Crippen LogP contribution in [0.1, 0.15) is 5.56 Å². The smallest absolute Gasteiger partial charge is 0.393 e. The van der Waals surface area contributed by atoms with Crippen molar-refractivity contribution in [2.24, 2.45) is 11.8 Å². The molecule has 5 nitrogen and oxygen atoms in total. The molecule has 1 aromatic rings. The van der Waals surface area contributed by atoms with Gasteiger partial charge in [0.1, 0.15) is 10.7 Å². The first kappa shape index (κ1) is 18.9. The Morgan fingerprint density at radius 1 is 1.33 bits per heavy atom. The second-order valence-electron chi connectivity index (χ2n) is 5.45. The minimum Gasteiger partial charge on any atom is -0.481 e. The Hall–Kier alpha value is -1.39. The molecule has 134 valence electrons. The average molecular weight is 390 g/mol. The number of hydrogen-bond acceptors (Lipinski definition) is 3. The van der Waals surface area contributed by atoms with Crippen molar-refractivity contribution in [3.05, 3.63) is 28.5 Å². The highest BCUT2D eigenvalue weighted by Gasteiger charge is 2.55. The van der Waals surface area contributed by atoms with Crippen molar-refractivity contribution in [2.75, 3.05) is 13.1 Å². The second-order valence-corrected chi connectivity index (χ2v) is 7.76. The van der Waals surface area contributed by atoms with Crippen LogP contribution < -0.4 is 0 Å². The quantitative estimate of drug-likeness (QED) is 0.806. The van der Waals surface area contributed by atoms with Crippen LogP contribution in [0.25, 0.3) is 0 Å². The van der Waals surface area contributed by atoms with Gasteiger partial charge in [-0.3, -0.25) is 4.79 Å². The highest BCUT2D eigenvalue weighted by Crippen LogP contribution is 2.40. The van der Waals surface area contributed by atoms with Crippen LogP contribution in [0.2, 0.25) is 5.02 Å². The summed E-state index contributed by atoms with van der Waals surface area (Å²) >= 11 is 5.71.